The molecule has 2 aromatic rings. The molecular formula is C18H18ClNO4. The number of fused-ring (bicyclic) bond motifs is 1. The first-order valence-corrected chi connectivity index (χ1v) is 8.18. The lowest BCUT2D eigenvalue weighted by Crippen LogP contribution is -2.42. The van der Waals surface area contributed by atoms with E-state index >= 15 is 0 Å². The first kappa shape index (κ1) is 16.7. The highest BCUT2D eigenvalue weighted by molar-refractivity contribution is 6.31. The van der Waals surface area contributed by atoms with Gasteiger partial charge in [0, 0.05) is 17.1 Å². The molecule has 24 heavy (non-hydrogen) atoms. The summed E-state index contributed by atoms with van der Waals surface area (Å²) in [4.78, 5) is 26.8. The highest BCUT2D eigenvalue weighted by atomic mass is 35.5. The quantitative estimate of drug-likeness (QED) is 0.841. The Balaban J connectivity index is 2.01. The van der Waals surface area contributed by atoms with E-state index in [0.717, 1.165) is 6.42 Å². The number of hydrogen-bond acceptors (Lipinski definition) is 4. The van der Waals surface area contributed by atoms with E-state index in [9.17, 15) is 14.7 Å². The fraction of sp³-hybridized carbons (Fsp3) is 0.333. The third-order valence-corrected chi connectivity index (χ3v) is 4.41. The summed E-state index contributed by atoms with van der Waals surface area (Å²) in [6.45, 7) is 4.13. The molecule has 1 aliphatic heterocycles. The molecule has 0 bridgehead atoms. The molecule has 6 heteroatoms. The van der Waals surface area contributed by atoms with Gasteiger partial charge in [0.1, 0.15) is 5.76 Å². The van der Waals surface area contributed by atoms with Gasteiger partial charge in [-0.05, 0) is 43.7 Å². The molecule has 1 aromatic heterocycles. The van der Waals surface area contributed by atoms with Gasteiger partial charge in [-0.2, -0.15) is 0 Å². The molecule has 1 N–H and O–H groups in total. The van der Waals surface area contributed by atoms with Gasteiger partial charge in [-0.1, -0.05) is 18.5 Å². The molecule has 1 aromatic carbocycles. The van der Waals surface area contributed by atoms with Crippen molar-refractivity contribution in [3.8, 4) is 0 Å². The minimum Gasteiger partial charge on any atom is -0.458 e. The number of carbonyl (C=O) groups is 2. The van der Waals surface area contributed by atoms with Crippen molar-refractivity contribution in [2.75, 3.05) is 11.4 Å². The maximum absolute atomic E-state index is 12.8. The lowest BCUT2D eigenvalue weighted by atomic mass is 9.89. The number of carbonyl (C=O) groups excluding carboxylic acids is 2. The number of anilines is 1. The van der Waals surface area contributed by atoms with Gasteiger partial charge in [0.25, 0.3) is 5.91 Å². The number of aliphatic hydroxyl groups is 1. The Bertz CT molecular complexity index is 813. The summed E-state index contributed by atoms with van der Waals surface area (Å²) < 4.78 is 5.31. The Morgan fingerprint density at radius 1 is 1.33 bits per heavy atom. The Morgan fingerprint density at radius 3 is 2.71 bits per heavy atom. The Kier molecular flexibility index (Phi) is 4.24. The third kappa shape index (κ3) is 2.64. The van der Waals surface area contributed by atoms with Crippen LogP contribution in [-0.4, -0.2) is 23.3 Å². The smallest absolute Gasteiger partial charge is 0.264 e. The van der Waals surface area contributed by atoms with Crippen LogP contribution in [0.1, 0.15) is 41.6 Å². The first-order chi connectivity index (χ1) is 11.4. The summed E-state index contributed by atoms with van der Waals surface area (Å²) in [5, 5.41) is 11.5. The van der Waals surface area contributed by atoms with Crippen LogP contribution in [0, 0.1) is 6.92 Å². The number of rotatable bonds is 5. The summed E-state index contributed by atoms with van der Waals surface area (Å²) in [6.07, 6.45) is 0.349. The number of nitrogens with zero attached hydrogens (tertiary/aromatic N) is 1. The fourth-order valence-corrected chi connectivity index (χ4v) is 3.22. The molecule has 0 fully saturated rings. The number of aryl methyl sites for hydroxylation is 1. The Hall–Kier alpha value is -2.11. The van der Waals surface area contributed by atoms with Crippen molar-refractivity contribution >= 4 is 29.0 Å². The second-order valence-electron chi connectivity index (χ2n) is 5.99. The number of furan rings is 1. The zero-order chi connectivity index (χ0) is 17.5. The normalized spacial score (nSPS) is 19.7. The molecule has 0 saturated carbocycles. The predicted octanol–water partition coefficient (Wildman–Crippen LogP) is 3.46. The summed E-state index contributed by atoms with van der Waals surface area (Å²) in [6, 6.07) is 8.13. The molecular weight excluding hydrogens is 330 g/mol. The second kappa shape index (κ2) is 6.07. The van der Waals surface area contributed by atoms with E-state index in [-0.39, 0.29) is 12.2 Å². The Labute approximate surface area is 144 Å². The van der Waals surface area contributed by atoms with E-state index in [0.29, 0.717) is 28.6 Å². The number of Topliss-reactive ketones (excluding diaryl/α,β-unsaturated/α-hetero) is 1. The largest absolute Gasteiger partial charge is 0.458 e. The number of halogens is 1. The third-order valence-electron chi connectivity index (χ3n) is 4.17. The molecule has 1 aliphatic rings. The molecule has 126 valence electrons. The summed E-state index contributed by atoms with van der Waals surface area (Å²) in [7, 11) is 0. The molecule has 2 heterocycles. The van der Waals surface area contributed by atoms with Gasteiger partial charge < -0.3 is 14.4 Å². The van der Waals surface area contributed by atoms with Crippen molar-refractivity contribution in [1.29, 1.82) is 0 Å². The van der Waals surface area contributed by atoms with Crippen LogP contribution in [0.2, 0.25) is 5.02 Å². The minimum atomic E-state index is -1.92. The topological polar surface area (TPSA) is 70.8 Å². The van der Waals surface area contributed by atoms with Crippen molar-refractivity contribution in [3.63, 3.8) is 0 Å². The van der Waals surface area contributed by atoms with Crippen molar-refractivity contribution in [2.45, 2.75) is 32.3 Å². The molecule has 0 aliphatic carbocycles. The zero-order valence-corrected chi connectivity index (χ0v) is 14.3. The molecule has 0 radical (unpaired) electrons. The molecule has 0 spiro atoms. The van der Waals surface area contributed by atoms with E-state index in [1.54, 1.807) is 37.3 Å². The van der Waals surface area contributed by atoms with Crippen LogP contribution < -0.4 is 4.90 Å². The monoisotopic (exact) mass is 347 g/mol. The summed E-state index contributed by atoms with van der Waals surface area (Å²) >= 11 is 6.04. The van der Waals surface area contributed by atoms with Crippen LogP contribution in [0.3, 0.4) is 0 Å². The van der Waals surface area contributed by atoms with Crippen LogP contribution >= 0.6 is 11.6 Å². The lowest BCUT2D eigenvalue weighted by Gasteiger charge is -2.22. The van der Waals surface area contributed by atoms with E-state index in [1.807, 2.05) is 6.92 Å². The standard InChI is InChI=1S/C18H18ClNO4/c1-3-8-20-14-6-5-12(19)9-13(14)18(23,17(20)22)10-15(21)16-7-4-11(2)24-16/h4-7,9,23H,3,8,10H2,1-2H3/t18-/m1/s1. The van der Waals surface area contributed by atoms with E-state index < -0.39 is 17.3 Å². The average molecular weight is 348 g/mol. The predicted molar refractivity (Wildman–Crippen MR) is 90.4 cm³/mol. The average Bonchev–Trinajstić information content (AvgIpc) is 3.05. The van der Waals surface area contributed by atoms with Gasteiger partial charge in [0.05, 0.1) is 12.1 Å². The van der Waals surface area contributed by atoms with Crippen molar-refractivity contribution < 1.29 is 19.1 Å². The molecule has 1 amide bonds. The summed E-state index contributed by atoms with van der Waals surface area (Å²) in [5.74, 6) is -0.202. The van der Waals surface area contributed by atoms with Gasteiger partial charge in [0.2, 0.25) is 5.78 Å². The van der Waals surface area contributed by atoms with E-state index in [1.165, 1.54) is 4.90 Å². The molecule has 3 rings (SSSR count). The number of hydrogen-bond donors (Lipinski definition) is 1. The highest BCUT2D eigenvalue weighted by Crippen LogP contribution is 2.44. The van der Waals surface area contributed by atoms with Crippen molar-refractivity contribution in [1.82, 2.24) is 0 Å². The minimum absolute atomic E-state index is 0.131. The van der Waals surface area contributed by atoms with Gasteiger partial charge in [-0.15, -0.1) is 0 Å². The van der Waals surface area contributed by atoms with Crippen LogP contribution in [0.15, 0.2) is 34.7 Å². The van der Waals surface area contributed by atoms with Crippen molar-refractivity contribution in [3.05, 3.63) is 52.4 Å². The maximum Gasteiger partial charge on any atom is 0.264 e. The first-order valence-electron chi connectivity index (χ1n) is 7.81. The summed E-state index contributed by atoms with van der Waals surface area (Å²) in [5.41, 5.74) is -0.963. The SMILES string of the molecule is CCCN1C(=O)[C@@](O)(CC(=O)c2ccc(C)o2)c2cc(Cl)ccc21. The second-order valence-corrected chi connectivity index (χ2v) is 6.43. The van der Waals surface area contributed by atoms with Crippen LogP contribution in [-0.2, 0) is 10.4 Å². The number of ketones is 1. The van der Waals surface area contributed by atoms with Gasteiger partial charge in [-0.25, -0.2) is 0 Å². The molecule has 1 atom stereocenters. The zero-order valence-electron chi connectivity index (χ0n) is 13.5. The van der Waals surface area contributed by atoms with E-state index in [2.05, 4.69) is 0 Å². The number of amides is 1. The molecule has 0 saturated heterocycles. The van der Waals surface area contributed by atoms with Gasteiger partial charge in [0.15, 0.2) is 11.4 Å². The fourth-order valence-electron chi connectivity index (χ4n) is 3.04. The molecule has 5 nitrogen and oxygen atoms in total. The van der Waals surface area contributed by atoms with Gasteiger partial charge >= 0.3 is 0 Å². The van der Waals surface area contributed by atoms with Gasteiger partial charge in [-0.3, -0.25) is 9.59 Å². The Morgan fingerprint density at radius 2 is 2.08 bits per heavy atom. The lowest BCUT2D eigenvalue weighted by molar-refractivity contribution is -0.135. The van der Waals surface area contributed by atoms with Crippen molar-refractivity contribution in [2.24, 2.45) is 0 Å². The van der Waals surface area contributed by atoms with Crippen LogP contribution in [0.25, 0.3) is 0 Å². The van der Waals surface area contributed by atoms with E-state index in [4.69, 9.17) is 16.0 Å². The number of benzene rings is 1. The molecule has 0 unspecified atom stereocenters. The maximum atomic E-state index is 12.8. The highest BCUT2D eigenvalue weighted by Gasteiger charge is 2.51. The van der Waals surface area contributed by atoms with Crippen LogP contribution in [0.4, 0.5) is 5.69 Å². The van der Waals surface area contributed by atoms with Crippen LogP contribution in [0.5, 0.6) is 0 Å².